The van der Waals surface area contributed by atoms with Gasteiger partial charge in [-0.2, -0.15) is 4.68 Å². The zero-order valence-corrected chi connectivity index (χ0v) is 17.2. The van der Waals surface area contributed by atoms with Crippen LogP contribution in [0.4, 0.5) is 10.8 Å². The van der Waals surface area contributed by atoms with E-state index in [2.05, 4.69) is 10.4 Å². The fourth-order valence-electron chi connectivity index (χ4n) is 3.15. The molecular weight excluding hydrogens is 384 g/mol. The molecule has 1 saturated heterocycles. The molecule has 1 aliphatic heterocycles. The third-order valence-corrected chi connectivity index (χ3v) is 5.86. The molecule has 1 fully saturated rings. The monoisotopic (exact) mass is 409 g/mol. The number of carbonyl (C=O) groups is 1. The molecule has 146 valence electrons. The van der Waals surface area contributed by atoms with Crippen molar-refractivity contribution in [1.82, 2.24) is 9.78 Å². The van der Waals surface area contributed by atoms with Crippen LogP contribution in [-0.4, -0.2) is 42.6 Å². The molecule has 3 rings (SSSR count). The highest BCUT2D eigenvalue weighted by Gasteiger charge is 2.28. The van der Waals surface area contributed by atoms with Gasteiger partial charge in [0.15, 0.2) is 10.6 Å². The van der Waals surface area contributed by atoms with E-state index in [1.807, 2.05) is 35.9 Å². The van der Waals surface area contributed by atoms with Crippen LogP contribution in [0.3, 0.4) is 0 Å². The largest absolute Gasteiger partial charge is 0.497 e. The van der Waals surface area contributed by atoms with Gasteiger partial charge >= 0.3 is 5.97 Å². The standard InChI is InChI=1S/C18H24N4O3S2/c1-3-25-16(23)13-8-10-21(11-9-13)12-22-18(26)27-17(20-22)19-14-4-6-15(24-2)7-5-14/h4-7,13H,3,8-12H2,1-2H3,(H,19,20)/p+1. The summed E-state index contributed by atoms with van der Waals surface area (Å²) in [7, 11) is 1.65. The number of esters is 1. The molecule has 0 saturated carbocycles. The molecule has 0 radical (unpaired) electrons. The lowest BCUT2D eigenvalue weighted by molar-refractivity contribution is -0.928. The van der Waals surface area contributed by atoms with Crippen molar-refractivity contribution in [2.75, 3.05) is 32.1 Å². The van der Waals surface area contributed by atoms with Crippen LogP contribution in [0.1, 0.15) is 19.8 Å². The number of carbonyl (C=O) groups excluding carboxylic acids is 1. The number of quaternary nitrogens is 1. The summed E-state index contributed by atoms with van der Waals surface area (Å²) in [6.07, 6.45) is 1.70. The molecule has 0 unspecified atom stereocenters. The molecule has 1 aromatic heterocycles. The second kappa shape index (κ2) is 9.29. The van der Waals surface area contributed by atoms with Crippen LogP contribution < -0.4 is 15.0 Å². The molecule has 2 heterocycles. The summed E-state index contributed by atoms with van der Waals surface area (Å²) in [5.74, 6) is 0.783. The Labute approximate surface area is 167 Å². The minimum absolute atomic E-state index is 0.0319. The average Bonchev–Trinajstić information content (AvgIpc) is 3.02. The number of nitrogens with zero attached hydrogens (tertiary/aromatic N) is 2. The maximum absolute atomic E-state index is 11.9. The highest BCUT2D eigenvalue weighted by molar-refractivity contribution is 7.73. The number of hydrogen-bond acceptors (Lipinski definition) is 7. The Bertz CT molecular complexity index is 811. The topological polar surface area (TPSA) is 69.8 Å². The lowest BCUT2D eigenvalue weighted by atomic mass is 9.97. The van der Waals surface area contributed by atoms with Gasteiger partial charge in [0.05, 0.1) is 32.7 Å². The molecule has 2 aromatic rings. The van der Waals surface area contributed by atoms with Crippen LogP contribution in [0, 0.1) is 9.87 Å². The van der Waals surface area contributed by atoms with Crippen LogP contribution in [0.5, 0.6) is 5.75 Å². The van der Waals surface area contributed by atoms with E-state index in [0.717, 1.165) is 53.1 Å². The van der Waals surface area contributed by atoms with Crippen molar-refractivity contribution in [2.45, 2.75) is 26.4 Å². The van der Waals surface area contributed by atoms with Gasteiger partial charge in [-0.1, -0.05) is 11.3 Å². The Balaban J connectivity index is 1.55. The first-order valence-corrected chi connectivity index (χ1v) is 10.3. The fraction of sp³-hybridized carbons (Fsp3) is 0.500. The average molecular weight is 410 g/mol. The molecule has 9 heteroatoms. The second-order valence-electron chi connectivity index (χ2n) is 6.46. The zero-order chi connectivity index (χ0) is 19.2. The highest BCUT2D eigenvalue weighted by atomic mass is 32.1. The molecular formula is C18H25N4O3S2+. The highest BCUT2D eigenvalue weighted by Crippen LogP contribution is 2.22. The molecule has 7 nitrogen and oxygen atoms in total. The van der Waals surface area contributed by atoms with Gasteiger partial charge in [-0.25, -0.2) is 0 Å². The molecule has 0 aliphatic carbocycles. The third kappa shape index (κ3) is 5.27. The van der Waals surface area contributed by atoms with Crippen LogP contribution in [0.15, 0.2) is 24.3 Å². The van der Waals surface area contributed by atoms with Gasteiger partial charge in [0.25, 0.3) is 0 Å². The van der Waals surface area contributed by atoms with Crippen molar-refractivity contribution in [3.05, 3.63) is 28.2 Å². The van der Waals surface area contributed by atoms with E-state index in [1.165, 1.54) is 16.2 Å². The number of piperidine rings is 1. The van der Waals surface area contributed by atoms with Crippen LogP contribution in [-0.2, 0) is 16.2 Å². The van der Waals surface area contributed by atoms with Gasteiger partial charge in [-0.3, -0.25) is 4.79 Å². The number of nitrogens with one attached hydrogen (secondary N) is 2. The molecule has 0 spiro atoms. The van der Waals surface area contributed by atoms with Crippen molar-refractivity contribution in [1.29, 1.82) is 0 Å². The van der Waals surface area contributed by atoms with Gasteiger partial charge in [0.1, 0.15) is 5.75 Å². The Morgan fingerprint density at radius 3 is 2.70 bits per heavy atom. The third-order valence-electron chi connectivity index (χ3n) is 4.63. The Kier molecular flexibility index (Phi) is 6.81. The van der Waals surface area contributed by atoms with Crippen LogP contribution in [0.2, 0.25) is 0 Å². The van der Waals surface area contributed by atoms with E-state index in [1.54, 1.807) is 7.11 Å². The van der Waals surface area contributed by atoms with E-state index < -0.39 is 0 Å². The minimum atomic E-state index is -0.0622. The summed E-state index contributed by atoms with van der Waals surface area (Å²) in [5, 5.41) is 8.65. The summed E-state index contributed by atoms with van der Waals surface area (Å²) in [6.45, 7) is 4.85. The number of aromatic nitrogens is 2. The normalized spacial score (nSPS) is 19.5. The van der Waals surface area contributed by atoms with E-state index >= 15 is 0 Å². The van der Waals surface area contributed by atoms with E-state index in [0.29, 0.717) is 6.61 Å². The minimum Gasteiger partial charge on any atom is -0.497 e. The second-order valence-corrected chi connectivity index (χ2v) is 8.08. The van der Waals surface area contributed by atoms with Crippen molar-refractivity contribution in [3.8, 4) is 5.75 Å². The number of benzene rings is 1. The van der Waals surface area contributed by atoms with Crippen molar-refractivity contribution in [3.63, 3.8) is 0 Å². The number of hydrogen-bond donors (Lipinski definition) is 2. The Hall–Kier alpha value is -1.97. The van der Waals surface area contributed by atoms with Gasteiger partial charge in [-0.15, -0.1) is 5.10 Å². The summed E-state index contributed by atoms with van der Waals surface area (Å²) in [6, 6.07) is 7.69. The molecule has 2 N–H and O–H groups in total. The number of likely N-dealkylation sites (tertiary alicyclic amines) is 1. The molecule has 0 amide bonds. The Morgan fingerprint density at radius 2 is 2.07 bits per heavy atom. The quantitative estimate of drug-likeness (QED) is 0.540. The lowest BCUT2D eigenvalue weighted by Gasteiger charge is -2.27. The summed E-state index contributed by atoms with van der Waals surface area (Å²) < 4.78 is 12.9. The van der Waals surface area contributed by atoms with Gasteiger partial charge in [-0.05, 0) is 43.4 Å². The molecule has 1 aliphatic rings. The van der Waals surface area contributed by atoms with Gasteiger partial charge in [0, 0.05) is 18.5 Å². The molecule has 27 heavy (non-hydrogen) atoms. The number of rotatable bonds is 7. The smallest absolute Gasteiger partial charge is 0.309 e. The number of methoxy groups -OCH3 is 1. The molecule has 0 atom stereocenters. The van der Waals surface area contributed by atoms with Crippen LogP contribution in [0.25, 0.3) is 0 Å². The van der Waals surface area contributed by atoms with Gasteiger partial charge in [0.2, 0.25) is 5.13 Å². The van der Waals surface area contributed by atoms with E-state index in [9.17, 15) is 4.79 Å². The molecule has 1 aromatic carbocycles. The first kappa shape index (κ1) is 19.8. The SMILES string of the molecule is CCOC(=O)C1CC[NH+](Cn2nc(Nc3ccc(OC)cc3)sc2=S)CC1. The maximum Gasteiger partial charge on any atom is 0.309 e. The number of ether oxygens (including phenoxy) is 2. The van der Waals surface area contributed by atoms with E-state index in [-0.39, 0.29) is 11.9 Å². The maximum atomic E-state index is 11.9. The predicted octanol–water partition coefficient (Wildman–Crippen LogP) is 2.24. The Morgan fingerprint density at radius 1 is 1.37 bits per heavy atom. The summed E-state index contributed by atoms with van der Waals surface area (Å²) in [5.41, 5.74) is 0.939. The fourth-order valence-corrected chi connectivity index (χ4v) is 4.17. The summed E-state index contributed by atoms with van der Waals surface area (Å²) in [4.78, 5) is 13.2. The molecule has 0 bridgehead atoms. The van der Waals surface area contributed by atoms with Crippen molar-refractivity contribution < 1.29 is 19.2 Å². The van der Waals surface area contributed by atoms with Crippen molar-refractivity contribution in [2.24, 2.45) is 5.92 Å². The van der Waals surface area contributed by atoms with Crippen LogP contribution >= 0.6 is 23.6 Å². The number of anilines is 2. The van der Waals surface area contributed by atoms with Gasteiger partial charge < -0.3 is 19.7 Å². The first-order chi connectivity index (χ1) is 13.1. The first-order valence-electron chi connectivity index (χ1n) is 9.08. The van der Waals surface area contributed by atoms with E-state index in [4.69, 9.17) is 21.7 Å². The van der Waals surface area contributed by atoms with Crippen molar-refractivity contribution >= 4 is 40.3 Å². The summed E-state index contributed by atoms with van der Waals surface area (Å²) >= 11 is 6.92. The zero-order valence-electron chi connectivity index (χ0n) is 15.6. The lowest BCUT2D eigenvalue weighted by Crippen LogP contribution is -3.12. The predicted molar refractivity (Wildman–Crippen MR) is 107 cm³/mol.